The Morgan fingerprint density at radius 1 is 0.333 bits per heavy atom. The van der Waals surface area contributed by atoms with Gasteiger partial charge in [0, 0.05) is 11.8 Å². The highest BCUT2D eigenvalue weighted by molar-refractivity contribution is 6.18. The van der Waals surface area contributed by atoms with Gasteiger partial charge in [-0.1, -0.05) is 57.8 Å². The van der Waals surface area contributed by atoms with Crippen molar-refractivity contribution in [2.75, 3.05) is 11.8 Å². The summed E-state index contributed by atoms with van der Waals surface area (Å²) in [5.74, 6) is 1.67. The van der Waals surface area contributed by atoms with Crippen LogP contribution in [0.3, 0.4) is 0 Å². The first kappa shape index (κ1) is 15.6. The molecular formula is C13H26Cl2. The van der Waals surface area contributed by atoms with Crippen molar-refractivity contribution in [2.45, 2.75) is 70.6 Å². The van der Waals surface area contributed by atoms with Gasteiger partial charge in [-0.2, -0.15) is 0 Å². The maximum Gasteiger partial charge on any atom is 0.0223 e. The monoisotopic (exact) mass is 252 g/mol. The molecule has 0 radical (unpaired) electrons. The van der Waals surface area contributed by atoms with Crippen molar-refractivity contribution in [1.29, 1.82) is 0 Å². The maximum atomic E-state index is 5.62. The van der Waals surface area contributed by atoms with Crippen LogP contribution in [0.2, 0.25) is 0 Å². The van der Waals surface area contributed by atoms with Crippen molar-refractivity contribution in [3.05, 3.63) is 0 Å². The first-order valence-corrected chi connectivity index (χ1v) is 7.60. The van der Waals surface area contributed by atoms with Crippen LogP contribution >= 0.6 is 23.2 Å². The number of hydrogen-bond acceptors (Lipinski definition) is 0. The second kappa shape index (κ2) is 14.6. The Morgan fingerprint density at radius 2 is 0.533 bits per heavy atom. The Morgan fingerprint density at radius 3 is 0.733 bits per heavy atom. The summed E-state index contributed by atoms with van der Waals surface area (Å²) in [6.45, 7) is 0. The van der Waals surface area contributed by atoms with Crippen LogP contribution in [-0.4, -0.2) is 11.8 Å². The smallest absolute Gasteiger partial charge is 0.0223 e. The van der Waals surface area contributed by atoms with E-state index in [0.717, 1.165) is 11.8 Å². The zero-order valence-corrected chi connectivity index (χ0v) is 11.5. The van der Waals surface area contributed by atoms with Crippen molar-refractivity contribution < 1.29 is 0 Å². The zero-order chi connectivity index (χ0) is 11.2. The molecule has 0 amide bonds. The van der Waals surface area contributed by atoms with E-state index in [9.17, 15) is 0 Å². The van der Waals surface area contributed by atoms with Crippen LogP contribution in [0.15, 0.2) is 0 Å². The van der Waals surface area contributed by atoms with Gasteiger partial charge < -0.3 is 0 Å². The SMILES string of the molecule is ClCCCCCCCCCCCCCCl. The predicted octanol–water partition coefficient (Wildman–Crippen LogP) is 5.76. The molecule has 0 atom stereocenters. The van der Waals surface area contributed by atoms with E-state index in [0.29, 0.717) is 0 Å². The average Bonchev–Trinajstić information content (AvgIpc) is 2.26. The van der Waals surface area contributed by atoms with Gasteiger partial charge in [-0.05, 0) is 12.8 Å². The molecule has 0 aromatic carbocycles. The second-order valence-corrected chi connectivity index (χ2v) is 5.02. The molecule has 15 heavy (non-hydrogen) atoms. The fourth-order valence-electron chi connectivity index (χ4n) is 1.78. The Kier molecular flexibility index (Phi) is 15.1. The minimum absolute atomic E-state index is 0.834. The van der Waals surface area contributed by atoms with Crippen LogP contribution in [0.4, 0.5) is 0 Å². The van der Waals surface area contributed by atoms with E-state index in [1.54, 1.807) is 0 Å². The van der Waals surface area contributed by atoms with E-state index in [2.05, 4.69) is 0 Å². The first-order chi connectivity index (χ1) is 7.41. The lowest BCUT2D eigenvalue weighted by molar-refractivity contribution is 0.555. The molecule has 0 aliphatic heterocycles. The van der Waals surface area contributed by atoms with Gasteiger partial charge in [0.2, 0.25) is 0 Å². The predicted molar refractivity (Wildman–Crippen MR) is 72.2 cm³/mol. The third kappa shape index (κ3) is 14.6. The molecule has 0 saturated carbocycles. The van der Waals surface area contributed by atoms with Crippen LogP contribution in [0.25, 0.3) is 0 Å². The number of unbranched alkanes of at least 4 members (excludes halogenated alkanes) is 10. The number of hydrogen-bond donors (Lipinski definition) is 0. The van der Waals surface area contributed by atoms with Gasteiger partial charge in [0.05, 0.1) is 0 Å². The fourth-order valence-corrected chi connectivity index (χ4v) is 2.16. The first-order valence-electron chi connectivity index (χ1n) is 6.53. The topological polar surface area (TPSA) is 0 Å². The minimum atomic E-state index is 0.834. The van der Waals surface area contributed by atoms with Crippen molar-refractivity contribution in [3.63, 3.8) is 0 Å². The van der Waals surface area contributed by atoms with Gasteiger partial charge in [0.1, 0.15) is 0 Å². The zero-order valence-electron chi connectivity index (χ0n) is 9.95. The highest BCUT2D eigenvalue weighted by atomic mass is 35.5. The summed E-state index contributed by atoms with van der Waals surface area (Å²) >= 11 is 11.2. The van der Waals surface area contributed by atoms with Crippen molar-refractivity contribution in [2.24, 2.45) is 0 Å². The summed E-state index contributed by atoms with van der Waals surface area (Å²) in [4.78, 5) is 0. The minimum Gasteiger partial charge on any atom is -0.127 e. The number of halogens is 2. The van der Waals surface area contributed by atoms with Crippen LogP contribution in [0.5, 0.6) is 0 Å². The van der Waals surface area contributed by atoms with Crippen molar-refractivity contribution >= 4 is 23.2 Å². The summed E-state index contributed by atoms with van der Waals surface area (Å²) in [5.41, 5.74) is 0. The molecule has 0 aliphatic carbocycles. The third-order valence-corrected chi connectivity index (χ3v) is 3.30. The highest BCUT2D eigenvalue weighted by Gasteiger charge is 1.92. The fraction of sp³-hybridized carbons (Fsp3) is 1.00. The molecule has 0 fully saturated rings. The molecule has 0 aromatic rings. The van der Waals surface area contributed by atoms with E-state index in [-0.39, 0.29) is 0 Å². The standard InChI is InChI=1S/C13H26Cl2/c14-12-10-8-6-4-2-1-3-5-7-9-11-13-15/h1-13H2. The molecule has 0 spiro atoms. The van der Waals surface area contributed by atoms with Gasteiger partial charge in [-0.15, -0.1) is 23.2 Å². The number of alkyl halides is 2. The molecule has 0 nitrogen and oxygen atoms in total. The molecule has 0 rings (SSSR count). The van der Waals surface area contributed by atoms with Crippen LogP contribution in [0, 0.1) is 0 Å². The Bertz CT molecular complexity index is 92.7. The quantitative estimate of drug-likeness (QED) is 0.306. The van der Waals surface area contributed by atoms with E-state index < -0.39 is 0 Å². The summed E-state index contributed by atoms with van der Waals surface area (Å²) in [5, 5.41) is 0. The van der Waals surface area contributed by atoms with Crippen molar-refractivity contribution in [3.8, 4) is 0 Å². The lowest BCUT2D eigenvalue weighted by Gasteiger charge is -2.01. The molecule has 0 saturated heterocycles. The molecule has 92 valence electrons. The number of rotatable bonds is 12. The lowest BCUT2D eigenvalue weighted by Crippen LogP contribution is -1.83. The van der Waals surface area contributed by atoms with Crippen molar-refractivity contribution in [1.82, 2.24) is 0 Å². The van der Waals surface area contributed by atoms with Gasteiger partial charge in [0.15, 0.2) is 0 Å². The molecule has 0 aliphatic rings. The summed E-state index contributed by atoms with van der Waals surface area (Å²) in [6.07, 6.45) is 14.8. The second-order valence-electron chi connectivity index (χ2n) is 4.27. The summed E-state index contributed by atoms with van der Waals surface area (Å²) in [6, 6.07) is 0. The average molecular weight is 253 g/mol. The normalized spacial score (nSPS) is 10.8. The third-order valence-electron chi connectivity index (χ3n) is 2.77. The molecule has 0 N–H and O–H groups in total. The van der Waals surface area contributed by atoms with Crippen LogP contribution in [0.1, 0.15) is 70.6 Å². The Labute approximate surface area is 106 Å². The van der Waals surface area contributed by atoms with Gasteiger partial charge in [-0.25, -0.2) is 0 Å². The molecule has 0 aromatic heterocycles. The molecule has 0 bridgehead atoms. The molecule has 0 heterocycles. The van der Waals surface area contributed by atoms with E-state index in [1.165, 1.54) is 70.6 Å². The molecule has 0 unspecified atom stereocenters. The lowest BCUT2D eigenvalue weighted by atomic mass is 10.1. The Hall–Kier alpha value is 0.580. The van der Waals surface area contributed by atoms with Gasteiger partial charge >= 0.3 is 0 Å². The Balaban J connectivity index is 2.81. The highest BCUT2D eigenvalue weighted by Crippen LogP contribution is 2.11. The molecular weight excluding hydrogens is 227 g/mol. The van der Waals surface area contributed by atoms with E-state index >= 15 is 0 Å². The summed E-state index contributed by atoms with van der Waals surface area (Å²) in [7, 11) is 0. The largest absolute Gasteiger partial charge is 0.127 e. The van der Waals surface area contributed by atoms with E-state index in [4.69, 9.17) is 23.2 Å². The summed E-state index contributed by atoms with van der Waals surface area (Å²) < 4.78 is 0. The van der Waals surface area contributed by atoms with Gasteiger partial charge in [-0.3, -0.25) is 0 Å². The van der Waals surface area contributed by atoms with Crippen LogP contribution < -0.4 is 0 Å². The molecule has 2 heteroatoms. The van der Waals surface area contributed by atoms with Gasteiger partial charge in [0.25, 0.3) is 0 Å². The van der Waals surface area contributed by atoms with Crippen LogP contribution in [-0.2, 0) is 0 Å². The van der Waals surface area contributed by atoms with E-state index in [1.807, 2.05) is 0 Å². The maximum absolute atomic E-state index is 5.62.